The highest BCUT2D eigenvalue weighted by atomic mass is 79.9. The molecule has 30 heavy (non-hydrogen) atoms. The maximum Gasteiger partial charge on any atom is 0.258 e. The van der Waals surface area contributed by atoms with E-state index in [0.717, 1.165) is 15.7 Å². The molecule has 0 aliphatic carbocycles. The summed E-state index contributed by atoms with van der Waals surface area (Å²) in [5.74, 6) is 0.701. The van der Waals surface area contributed by atoms with Gasteiger partial charge in [-0.15, -0.1) is 0 Å². The van der Waals surface area contributed by atoms with Crippen LogP contribution >= 0.6 is 15.9 Å². The number of sulfonamides is 1. The summed E-state index contributed by atoms with van der Waals surface area (Å²) in [6, 6.07) is 9.68. The Morgan fingerprint density at radius 3 is 2.30 bits per heavy atom. The van der Waals surface area contributed by atoms with Crippen LogP contribution in [0.1, 0.15) is 26.3 Å². The SMILES string of the molecule is COc1cc(CNc2ccc(S(N)(=O)=O)cc2)c(Br)cc1OCC(=O)NC(C)(C)C. The Kier molecular flexibility index (Phi) is 7.73. The predicted molar refractivity (Wildman–Crippen MR) is 119 cm³/mol. The van der Waals surface area contributed by atoms with Crippen LogP contribution in [0.5, 0.6) is 11.5 Å². The summed E-state index contributed by atoms with van der Waals surface area (Å²) in [5.41, 5.74) is 1.27. The highest BCUT2D eigenvalue weighted by molar-refractivity contribution is 9.10. The molecule has 4 N–H and O–H groups in total. The zero-order valence-electron chi connectivity index (χ0n) is 17.3. The molecular formula is C20H26BrN3O5S. The minimum atomic E-state index is -3.72. The zero-order valence-corrected chi connectivity index (χ0v) is 19.7. The van der Waals surface area contributed by atoms with Crippen molar-refractivity contribution in [3.63, 3.8) is 0 Å². The standard InChI is InChI=1S/C20H26BrN3O5S/c1-20(2,3)24-19(25)12-29-18-10-16(21)13(9-17(18)28-4)11-23-14-5-7-15(8-6-14)30(22,26)27/h5-10,23H,11-12H2,1-4H3,(H,24,25)(H2,22,26,27). The first kappa shape index (κ1) is 24.0. The molecule has 0 fully saturated rings. The van der Waals surface area contributed by atoms with Crippen molar-refractivity contribution in [1.29, 1.82) is 0 Å². The highest BCUT2D eigenvalue weighted by Crippen LogP contribution is 2.34. The Balaban J connectivity index is 2.07. The number of nitrogens with one attached hydrogen (secondary N) is 2. The molecule has 0 saturated carbocycles. The first-order valence-electron chi connectivity index (χ1n) is 9.06. The number of rotatable bonds is 8. The van der Waals surface area contributed by atoms with E-state index < -0.39 is 10.0 Å². The number of amides is 1. The Hall–Kier alpha value is -2.30. The molecule has 0 radical (unpaired) electrons. The molecular weight excluding hydrogens is 474 g/mol. The second kappa shape index (κ2) is 9.67. The van der Waals surface area contributed by atoms with E-state index in [2.05, 4.69) is 26.6 Å². The van der Waals surface area contributed by atoms with Gasteiger partial charge >= 0.3 is 0 Å². The van der Waals surface area contributed by atoms with Crippen molar-refractivity contribution in [1.82, 2.24) is 5.32 Å². The van der Waals surface area contributed by atoms with Crippen LogP contribution in [0, 0.1) is 0 Å². The van der Waals surface area contributed by atoms with Gasteiger partial charge < -0.3 is 20.1 Å². The van der Waals surface area contributed by atoms with Crippen LogP contribution in [-0.4, -0.2) is 33.6 Å². The van der Waals surface area contributed by atoms with E-state index in [9.17, 15) is 13.2 Å². The van der Waals surface area contributed by atoms with Gasteiger partial charge in [0.15, 0.2) is 18.1 Å². The summed E-state index contributed by atoms with van der Waals surface area (Å²) in [6.07, 6.45) is 0. The van der Waals surface area contributed by atoms with Crippen molar-refractivity contribution in [2.24, 2.45) is 5.14 Å². The number of carbonyl (C=O) groups excluding carboxylic acids is 1. The topological polar surface area (TPSA) is 120 Å². The molecule has 0 atom stereocenters. The van der Waals surface area contributed by atoms with Gasteiger partial charge in [-0.3, -0.25) is 4.79 Å². The van der Waals surface area contributed by atoms with Gasteiger partial charge in [-0.1, -0.05) is 15.9 Å². The first-order chi connectivity index (χ1) is 13.9. The fraction of sp³-hybridized carbons (Fsp3) is 0.350. The number of halogens is 1. The van der Waals surface area contributed by atoms with Gasteiger partial charge in [0, 0.05) is 22.2 Å². The molecule has 2 aromatic rings. The normalized spacial score (nSPS) is 11.7. The van der Waals surface area contributed by atoms with Crippen LogP contribution in [-0.2, 0) is 21.4 Å². The molecule has 2 aromatic carbocycles. The van der Waals surface area contributed by atoms with Gasteiger partial charge in [0.05, 0.1) is 12.0 Å². The lowest BCUT2D eigenvalue weighted by Gasteiger charge is -2.21. The summed E-state index contributed by atoms with van der Waals surface area (Å²) in [4.78, 5) is 12.0. The number of primary sulfonamides is 1. The lowest BCUT2D eigenvalue weighted by molar-refractivity contribution is -0.124. The zero-order chi connectivity index (χ0) is 22.5. The molecule has 1 amide bonds. The van der Waals surface area contributed by atoms with E-state index in [1.165, 1.54) is 19.2 Å². The number of carbonyl (C=O) groups is 1. The lowest BCUT2D eigenvalue weighted by Crippen LogP contribution is -2.43. The van der Waals surface area contributed by atoms with Crippen molar-refractivity contribution in [3.8, 4) is 11.5 Å². The van der Waals surface area contributed by atoms with Gasteiger partial charge in [0.2, 0.25) is 10.0 Å². The number of methoxy groups -OCH3 is 1. The van der Waals surface area contributed by atoms with Crippen molar-refractivity contribution in [2.75, 3.05) is 19.0 Å². The Bertz CT molecular complexity index is 1000. The molecule has 0 aliphatic heterocycles. The summed E-state index contributed by atoms with van der Waals surface area (Å²) < 4.78 is 34.5. The Morgan fingerprint density at radius 1 is 1.13 bits per heavy atom. The van der Waals surface area contributed by atoms with Crippen molar-refractivity contribution in [2.45, 2.75) is 37.8 Å². The highest BCUT2D eigenvalue weighted by Gasteiger charge is 2.16. The second-order valence-corrected chi connectivity index (χ2v) is 10.0. The van der Waals surface area contributed by atoms with Crippen molar-refractivity contribution in [3.05, 3.63) is 46.4 Å². The number of hydrogen-bond donors (Lipinski definition) is 3. The third kappa shape index (κ3) is 7.19. The van der Waals surface area contributed by atoms with Crippen LogP contribution in [0.4, 0.5) is 5.69 Å². The average molecular weight is 500 g/mol. The van der Waals surface area contributed by atoms with Crippen LogP contribution in [0.25, 0.3) is 0 Å². The minimum absolute atomic E-state index is 0.0490. The lowest BCUT2D eigenvalue weighted by atomic mass is 10.1. The first-order valence-corrected chi connectivity index (χ1v) is 11.4. The smallest absolute Gasteiger partial charge is 0.258 e. The number of nitrogens with two attached hydrogens (primary N) is 1. The van der Waals surface area contributed by atoms with Crippen LogP contribution in [0.15, 0.2) is 45.8 Å². The van der Waals surface area contributed by atoms with Crippen molar-refractivity contribution >= 4 is 37.5 Å². The molecule has 0 spiro atoms. The van der Waals surface area contributed by atoms with E-state index in [-0.39, 0.29) is 22.9 Å². The quantitative estimate of drug-likeness (QED) is 0.513. The van der Waals surface area contributed by atoms with Crippen molar-refractivity contribution < 1.29 is 22.7 Å². The number of benzene rings is 2. The van der Waals surface area contributed by atoms with E-state index in [4.69, 9.17) is 14.6 Å². The monoisotopic (exact) mass is 499 g/mol. The van der Waals surface area contributed by atoms with Gasteiger partial charge in [-0.25, -0.2) is 13.6 Å². The number of hydrogen-bond acceptors (Lipinski definition) is 6. The second-order valence-electron chi connectivity index (χ2n) is 7.60. The molecule has 0 saturated heterocycles. The molecule has 2 rings (SSSR count). The van der Waals surface area contributed by atoms with Crippen LogP contribution in [0.2, 0.25) is 0 Å². The van der Waals surface area contributed by atoms with Gasteiger partial charge in [0.1, 0.15) is 0 Å². The van der Waals surface area contributed by atoms with E-state index in [1.54, 1.807) is 24.3 Å². The summed E-state index contributed by atoms with van der Waals surface area (Å²) in [5, 5.41) is 11.1. The molecule has 164 valence electrons. The third-order valence-electron chi connectivity index (χ3n) is 3.87. The molecule has 8 nitrogen and oxygen atoms in total. The summed E-state index contributed by atoms with van der Waals surface area (Å²) in [7, 11) is -2.20. The average Bonchev–Trinajstić information content (AvgIpc) is 2.63. The van der Waals surface area contributed by atoms with Gasteiger partial charge in [-0.05, 0) is 62.7 Å². The van der Waals surface area contributed by atoms with Crippen LogP contribution in [0.3, 0.4) is 0 Å². The van der Waals surface area contributed by atoms with E-state index in [1.807, 2.05) is 20.8 Å². The van der Waals surface area contributed by atoms with Gasteiger partial charge in [0.25, 0.3) is 5.91 Å². The largest absolute Gasteiger partial charge is 0.493 e. The molecule has 0 unspecified atom stereocenters. The molecule has 0 heterocycles. The van der Waals surface area contributed by atoms with E-state index in [0.29, 0.717) is 18.0 Å². The Morgan fingerprint density at radius 2 is 1.77 bits per heavy atom. The fourth-order valence-corrected chi connectivity index (χ4v) is 3.52. The Labute approximate surface area is 185 Å². The summed E-state index contributed by atoms with van der Waals surface area (Å²) in [6.45, 7) is 6.00. The third-order valence-corrected chi connectivity index (χ3v) is 5.54. The number of anilines is 1. The summed E-state index contributed by atoms with van der Waals surface area (Å²) >= 11 is 3.51. The van der Waals surface area contributed by atoms with Gasteiger partial charge in [-0.2, -0.15) is 0 Å². The minimum Gasteiger partial charge on any atom is -0.493 e. The molecule has 0 bridgehead atoms. The molecule has 10 heteroatoms. The van der Waals surface area contributed by atoms with Crippen LogP contribution < -0.4 is 25.2 Å². The molecule has 0 aromatic heterocycles. The van der Waals surface area contributed by atoms with E-state index >= 15 is 0 Å². The number of ether oxygens (including phenoxy) is 2. The maximum absolute atomic E-state index is 12.0. The predicted octanol–water partition coefficient (Wildman–Crippen LogP) is 3.01. The fourth-order valence-electron chi connectivity index (χ4n) is 2.54. The molecule has 0 aliphatic rings. The maximum atomic E-state index is 12.0.